The van der Waals surface area contributed by atoms with Gasteiger partial charge in [0.1, 0.15) is 10.8 Å². The van der Waals surface area contributed by atoms with Crippen molar-refractivity contribution in [3.05, 3.63) is 45.7 Å². The van der Waals surface area contributed by atoms with Gasteiger partial charge >= 0.3 is 0 Å². The quantitative estimate of drug-likeness (QED) is 0.572. The first-order valence-electron chi connectivity index (χ1n) is 9.65. The van der Waals surface area contributed by atoms with Crippen LogP contribution < -0.4 is 15.5 Å². The lowest BCUT2D eigenvalue weighted by Gasteiger charge is -2.36. The fourth-order valence-corrected chi connectivity index (χ4v) is 4.08. The van der Waals surface area contributed by atoms with Crippen LogP contribution in [-0.2, 0) is 6.54 Å². The minimum absolute atomic E-state index is 0.185. The number of anilines is 1. The molecule has 0 atom stereocenters. The molecule has 1 aliphatic rings. The van der Waals surface area contributed by atoms with Crippen molar-refractivity contribution in [2.24, 2.45) is 4.99 Å². The van der Waals surface area contributed by atoms with E-state index in [1.54, 1.807) is 18.4 Å². The van der Waals surface area contributed by atoms with Crippen LogP contribution in [0.2, 0.25) is 0 Å². The van der Waals surface area contributed by atoms with Crippen molar-refractivity contribution in [3.63, 3.8) is 0 Å². The van der Waals surface area contributed by atoms with Crippen LogP contribution in [0.3, 0.4) is 0 Å². The summed E-state index contributed by atoms with van der Waals surface area (Å²) in [7, 11) is 1.79. The summed E-state index contributed by atoms with van der Waals surface area (Å²) in [4.78, 5) is 14.8. The van der Waals surface area contributed by atoms with Crippen LogP contribution in [0.4, 0.5) is 10.1 Å². The molecule has 0 aliphatic carbocycles. The van der Waals surface area contributed by atoms with Gasteiger partial charge in [0.05, 0.1) is 12.2 Å². The van der Waals surface area contributed by atoms with Crippen LogP contribution in [0, 0.1) is 19.7 Å². The molecule has 6 nitrogen and oxygen atoms in total. The van der Waals surface area contributed by atoms with Gasteiger partial charge in [-0.2, -0.15) is 0 Å². The summed E-state index contributed by atoms with van der Waals surface area (Å²) in [5.74, 6) is 0.617. The third-order valence-electron chi connectivity index (χ3n) is 4.99. The van der Waals surface area contributed by atoms with E-state index in [0.717, 1.165) is 61.6 Å². The average Bonchev–Trinajstić information content (AvgIpc) is 3.03. The van der Waals surface area contributed by atoms with Gasteiger partial charge in [-0.1, -0.05) is 0 Å². The molecule has 1 aromatic carbocycles. The number of nitrogens with zero attached hydrogens (tertiary/aromatic N) is 4. The van der Waals surface area contributed by atoms with E-state index in [2.05, 4.69) is 37.3 Å². The van der Waals surface area contributed by atoms with Gasteiger partial charge in [0.15, 0.2) is 5.96 Å². The van der Waals surface area contributed by atoms with E-state index >= 15 is 0 Å². The second-order valence-corrected chi connectivity index (χ2v) is 8.19. The lowest BCUT2D eigenvalue weighted by molar-refractivity contribution is 0.261. The SMILES string of the molecule is CN=C(NCCN1CCN(c2ccc(F)cc2)CC1)NCc1nc(C)c(C)s1. The maximum Gasteiger partial charge on any atom is 0.191 e. The van der Waals surface area contributed by atoms with Crippen LogP contribution >= 0.6 is 11.3 Å². The highest BCUT2D eigenvalue weighted by molar-refractivity contribution is 7.11. The number of thiazole rings is 1. The Kier molecular flexibility index (Phi) is 7.22. The third-order valence-corrected chi connectivity index (χ3v) is 6.06. The largest absolute Gasteiger partial charge is 0.369 e. The second-order valence-electron chi connectivity index (χ2n) is 6.91. The molecule has 2 aromatic rings. The first kappa shape index (κ1) is 20.5. The number of rotatable bonds is 6. The molecule has 0 amide bonds. The Balaban J connectivity index is 1.36. The van der Waals surface area contributed by atoms with Crippen molar-refractivity contribution in [2.45, 2.75) is 20.4 Å². The summed E-state index contributed by atoms with van der Waals surface area (Å²) < 4.78 is 13.1. The number of halogens is 1. The lowest BCUT2D eigenvalue weighted by Crippen LogP contribution is -2.49. The Bertz CT molecular complexity index is 761. The Morgan fingerprint density at radius 3 is 2.46 bits per heavy atom. The number of guanidine groups is 1. The normalized spacial score (nSPS) is 15.7. The third kappa shape index (κ3) is 5.65. The fourth-order valence-electron chi connectivity index (χ4n) is 3.21. The van der Waals surface area contributed by atoms with Gasteiger partial charge in [-0.3, -0.25) is 9.89 Å². The Morgan fingerprint density at radius 2 is 1.86 bits per heavy atom. The molecule has 152 valence electrons. The number of hydrogen-bond acceptors (Lipinski definition) is 5. The van der Waals surface area contributed by atoms with Crippen molar-refractivity contribution < 1.29 is 4.39 Å². The molecule has 0 saturated carbocycles. The molecule has 0 radical (unpaired) electrons. The van der Waals surface area contributed by atoms with Crippen LogP contribution in [0.25, 0.3) is 0 Å². The van der Waals surface area contributed by atoms with Crippen LogP contribution in [0.15, 0.2) is 29.3 Å². The summed E-state index contributed by atoms with van der Waals surface area (Å²) in [6, 6.07) is 6.76. The molecule has 0 unspecified atom stereocenters. The Labute approximate surface area is 170 Å². The molecule has 1 saturated heterocycles. The zero-order chi connectivity index (χ0) is 19.9. The molecule has 1 aliphatic heterocycles. The summed E-state index contributed by atoms with van der Waals surface area (Å²) in [6.07, 6.45) is 0. The highest BCUT2D eigenvalue weighted by atomic mass is 32.1. The molecule has 2 heterocycles. The minimum Gasteiger partial charge on any atom is -0.369 e. The van der Waals surface area contributed by atoms with E-state index in [1.807, 2.05) is 19.1 Å². The Morgan fingerprint density at radius 1 is 1.14 bits per heavy atom. The van der Waals surface area contributed by atoms with Crippen molar-refractivity contribution in [1.82, 2.24) is 20.5 Å². The zero-order valence-corrected chi connectivity index (χ0v) is 17.7. The van der Waals surface area contributed by atoms with E-state index in [0.29, 0.717) is 6.54 Å². The highest BCUT2D eigenvalue weighted by Crippen LogP contribution is 2.17. The second kappa shape index (κ2) is 9.84. The predicted molar refractivity (Wildman–Crippen MR) is 115 cm³/mol. The summed E-state index contributed by atoms with van der Waals surface area (Å²) in [6.45, 7) is 10.6. The van der Waals surface area contributed by atoms with Gasteiger partial charge in [0, 0.05) is 56.9 Å². The van der Waals surface area contributed by atoms with Gasteiger partial charge in [0.25, 0.3) is 0 Å². The number of piperazine rings is 1. The van der Waals surface area contributed by atoms with Crippen LogP contribution in [0.5, 0.6) is 0 Å². The van der Waals surface area contributed by atoms with E-state index in [9.17, 15) is 4.39 Å². The minimum atomic E-state index is -0.185. The fraction of sp³-hybridized carbons (Fsp3) is 0.500. The van der Waals surface area contributed by atoms with Crippen LogP contribution in [0.1, 0.15) is 15.6 Å². The number of aryl methyl sites for hydroxylation is 2. The molecular formula is C20H29FN6S. The van der Waals surface area contributed by atoms with Gasteiger partial charge < -0.3 is 15.5 Å². The molecular weight excluding hydrogens is 375 g/mol. The van der Waals surface area contributed by atoms with Gasteiger partial charge in [0.2, 0.25) is 0 Å². The first-order chi connectivity index (χ1) is 13.5. The van der Waals surface area contributed by atoms with Gasteiger partial charge in [-0.25, -0.2) is 9.37 Å². The first-order valence-corrected chi connectivity index (χ1v) is 10.5. The number of hydrogen-bond donors (Lipinski definition) is 2. The standard InChI is InChI=1S/C20H29FN6S/c1-15-16(2)28-19(25-15)14-24-20(22-3)23-8-9-26-10-12-27(13-11-26)18-6-4-17(21)5-7-18/h4-7H,8-14H2,1-3H3,(H2,22,23,24). The van der Waals surface area contributed by atoms with Gasteiger partial charge in [-0.05, 0) is 38.1 Å². The number of benzene rings is 1. The van der Waals surface area contributed by atoms with Gasteiger partial charge in [-0.15, -0.1) is 11.3 Å². The molecule has 2 N–H and O–H groups in total. The maximum atomic E-state index is 13.1. The van der Waals surface area contributed by atoms with E-state index < -0.39 is 0 Å². The number of aromatic nitrogens is 1. The van der Waals surface area contributed by atoms with Crippen molar-refractivity contribution in [1.29, 1.82) is 0 Å². The monoisotopic (exact) mass is 404 g/mol. The van der Waals surface area contributed by atoms with Crippen molar-refractivity contribution >= 4 is 23.0 Å². The summed E-state index contributed by atoms with van der Waals surface area (Å²) >= 11 is 1.72. The topological polar surface area (TPSA) is 55.8 Å². The van der Waals surface area contributed by atoms with Crippen LogP contribution in [-0.4, -0.2) is 62.2 Å². The summed E-state index contributed by atoms with van der Waals surface area (Å²) in [5.41, 5.74) is 2.20. The molecule has 1 fully saturated rings. The van der Waals surface area contributed by atoms with E-state index in [1.165, 1.54) is 17.0 Å². The number of aliphatic imine (C=N–C) groups is 1. The van der Waals surface area contributed by atoms with E-state index in [4.69, 9.17) is 0 Å². The lowest BCUT2D eigenvalue weighted by atomic mass is 10.2. The maximum absolute atomic E-state index is 13.1. The highest BCUT2D eigenvalue weighted by Gasteiger charge is 2.17. The molecule has 0 spiro atoms. The zero-order valence-electron chi connectivity index (χ0n) is 16.8. The molecule has 28 heavy (non-hydrogen) atoms. The predicted octanol–water partition coefficient (Wildman–Crippen LogP) is 2.39. The molecule has 1 aromatic heterocycles. The molecule has 0 bridgehead atoms. The molecule has 8 heteroatoms. The number of nitrogens with one attached hydrogen (secondary N) is 2. The Hall–Kier alpha value is -2.19. The average molecular weight is 405 g/mol. The summed E-state index contributed by atoms with van der Waals surface area (Å²) in [5, 5.41) is 7.78. The van der Waals surface area contributed by atoms with Crippen molar-refractivity contribution in [3.8, 4) is 0 Å². The smallest absolute Gasteiger partial charge is 0.191 e. The molecule has 3 rings (SSSR count). The van der Waals surface area contributed by atoms with E-state index in [-0.39, 0.29) is 5.82 Å². The van der Waals surface area contributed by atoms with Crippen molar-refractivity contribution in [2.75, 3.05) is 51.2 Å².